The van der Waals surface area contributed by atoms with Crippen molar-refractivity contribution >= 4 is 35.3 Å². The molecule has 1 N–H and O–H groups in total. The SMILES string of the molecule is COc1ccc(C=C2Sc3ccc(C(=O)NC4CCCCCC4)cc3N(C)C2=O)cc1. The number of thioether (sulfide) groups is 1. The summed E-state index contributed by atoms with van der Waals surface area (Å²) in [7, 11) is 3.39. The van der Waals surface area contributed by atoms with Gasteiger partial charge in [0, 0.05) is 23.5 Å². The molecule has 0 unspecified atom stereocenters. The van der Waals surface area contributed by atoms with Crippen LogP contribution in [0.15, 0.2) is 52.3 Å². The Labute approximate surface area is 187 Å². The van der Waals surface area contributed by atoms with E-state index in [-0.39, 0.29) is 17.9 Å². The normalized spacial score (nSPS) is 18.5. The minimum absolute atomic E-state index is 0.0554. The molecule has 1 saturated carbocycles. The largest absolute Gasteiger partial charge is 0.497 e. The molecule has 0 saturated heterocycles. The number of nitrogens with zero attached hydrogens (tertiary/aromatic N) is 1. The predicted octanol–water partition coefficient (Wildman–Crippen LogP) is 5.26. The van der Waals surface area contributed by atoms with E-state index in [1.54, 1.807) is 19.1 Å². The molecule has 0 radical (unpaired) electrons. The number of nitrogens with one attached hydrogen (secondary N) is 1. The van der Waals surface area contributed by atoms with Gasteiger partial charge in [-0.25, -0.2) is 0 Å². The number of hydrogen-bond acceptors (Lipinski definition) is 4. The number of hydrogen-bond donors (Lipinski definition) is 1. The summed E-state index contributed by atoms with van der Waals surface area (Å²) in [5, 5.41) is 3.19. The molecule has 2 aromatic rings. The van der Waals surface area contributed by atoms with E-state index in [0.717, 1.165) is 34.7 Å². The summed E-state index contributed by atoms with van der Waals surface area (Å²) < 4.78 is 5.19. The van der Waals surface area contributed by atoms with Gasteiger partial charge in [-0.15, -0.1) is 0 Å². The highest BCUT2D eigenvalue weighted by molar-refractivity contribution is 8.04. The molecule has 1 heterocycles. The van der Waals surface area contributed by atoms with Crippen LogP contribution in [0.4, 0.5) is 5.69 Å². The Balaban J connectivity index is 1.52. The molecule has 4 rings (SSSR count). The van der Waals surface area contributed by atoms with Gasteiger partial charge in [-0.05, 0) is 54.8 Å². The summed E-state index contributed by atoms with van der Waals surface area (Å²) in [5.41, 5.74) is 2.31. The number of likely N-dealkylation sites (N-methyl/N-ethyl adjacent to an activating group) is 1. The first kappa shape index (κ1) is 21.5. The van der Waals surface area contributed by atoms with Crippen molar-refractivity contribution in [1.82, 2.24) is 5.32 Å². The van der Waals surface area contributed by atoms with Crippen molar-refractivity contribution in [2.75, 3.05) is 19.1 Å². The first-order valence-corrected chi connectivity index (χ1v) is 11.6. The monoisotopic (exact) mass is 436 g/mol. The van der Waals surface area contributed by atoms with Crippen molar-refractivity contribution < 1.29 is 14.3 Å². The van der Waals surface area contributed by atoms with Gasteiger partial charge in [0.1, 0.15) is 5.75 Å². The number of amides is 2. The Bertz CT molecular complexity index is 992. The van der Waals surface area contributed by atoms with Gasteiger partial charge in [0.2, 0.25) is 0 Å². The maximum absolute atomic E-state index is 13.0. The number of fused-ring (bicyclic) bond motifs is 1. The van der Waals surface area contributed by atoms with Crippen molar-refractivity contribution in [3.63, 3.8) is 0 Å². The van der Waals surface area contributed by atoms with Crippen LogP contribution in [0.1, 0.15) is 54.4 Å². The molecule has 1 aliphatic carbocycles. The van der Waals surface area contributed by atoms with Crippen molar-refractivity contribution in [3.8, 4) is 5.75 Å². The topological polar surface area (TPSA) is 58.6 Å². The summed E-state index contributed by atoms with van der Waals surface area (Å²) in [6, 6.07) is 13.5. The molecule has 5 nitrogen and oxygen atoms in total. The molecule has 0 atom stereocenters. The fraction of sp³-hybridized carbons (Fsp3) is 0.360. The fourth-order valence-electron chi connectivity index (χ4n) is 4.08. The molecule has 2 aliphatic rings. The molecule has 31 heavy (non-hydrogen) atoms. The van der Waals surface area contributed by atoms with Gasteiger partial charge in [-0.3, -0.25) is 9.59 Å². The second-order valence-electron chi connectivity index (χ2n) is 8.09. The summed E-state index contributed by atoms with van der Waals surface area (Å²) in [6.07, 6.45) is 8.83. The van der Waals surface area contributed by atoms with Crippen molar-refractivity contribution in [2.24, 2.45) is 0 Å². The van der Waals surface area contributed by atoms with Gasteiger partial charge in [-0.1, -0.05) is 49.6 Å². The summed E-state index contributed by atoms with van der Waals surface area (Å²) in [6.45, 7) is 0. The zero-order valence-electron chi connectivity index (χ0n) is 18.0. The average Bonchev–Trinajstić information content (AvgIpc) is 3.06. The van der Waals surface area contributed by atoms with Crippen LogP contribution in [0.3, 0.4) is 0 Å². The second-order valence-corrected chi connectivity index (χ2v) is 9.18. The lowest BCUT2D eigenvalue weighted by atomic mass is 10.1. The molecule has 0 spiro atoms. The van der Waals surface area contributed by atoms with Crippen LogP contribution >= 0.6 is 11.8 Å². The smallest absolute Gasteiger partial charge is 0.264 e. The Kier molecular flexibility index (Phi) is 6.66. The number of carbonyl (C=O) groups excluding carboxylic acids is 2. The van der Waals surface area contributed by atoms with Gasteiger partial charge in [-0.2, -0.15) is 0 Å². The van der Waals surface area contributed by atoms with E-state index in [1.165, 1.54) is 37.4 Å². The van der Waals surface area contributed by atoms with Gasteiger partial charge in [0.15, 0.2) is 0 Å². The lowest BCUT2D eigenvalue weighted by Gasteiger charge is -2.27. The molecule has 6 heteroatoms. The third-order valence-electron chi connectivity index (χ3n) is 5.92. The van der Waals surface area contributed by atoms with Crippen LogP contribution in [-0.2, 0) is 4.79 Å². The maximum atomic E-state index is 13.0. The molecule has 2 aromatic carbocycles. The molecule has 162 valence electrons. The third kappa shape index (κ3) is 4.96. The van der Waals surface area contributed by atoms with Crippen molar-refractivity contribution in [3.05, 3.63) is 58.5 Å². The van der Waals surface area contributed by atoms with Crippen LogP contribution in [0, 0.1) is 0 Å². The number of anilines is 1. The zero-order chi connectivity index (χ0) is 21.8. The van der Waals surface area contributed by atoms with E-state index < -0.39 is 0 Å². The Morgan fingerprint density at radius 3 is 2.48 bits per heavy atom. The highest BCUT2D eigenvalue weighted by Gasteiger charge is 2.27. The van der Waals surface area contributed by atoms with Crippen LogP contribution in [0.5, 0.6) is 5.75 Å². The maximum Gasteiger partial charge on any atom is 0.264 e. The van der Waals surface area contributed by atoms with E-state index in [1.807, 2.05) is 48.5 Å². The number of ether oxygens (including phenoxy) is 1. The highest BCUT2D eigenvalue weighted by atomic mass is 32.2. The highest BCUT2D eigenvalue weighted by Crippen LogP contribution is 2.42. The standard InChI is InChI=1S/C25H28N2O3S/c1-27-21-16-18(24(28)26-19-7-5-3-4-6-8-19)11-14-22(21)31-23(25(27)29)15-17-9-12-20(30-2)13-10-17/h9-16,19H,3-8H2,1-2H3,(H,26,28). The van der Waals surface area contributed by atoms with Crippen LogP contribution in [-0.4, -0.2) is 32.0 Å². The lowest BCUT2D eigenvalue weighted by molar-refractivity contribution is -0.114. The lowest BCUT2D eigenvalue weighted by Crippen LogP contribution is -2.35. The third-order valence-corrected chi connectivity index (χ3v) is 7.00. The van der Waals surface area contributed by atoms with E-state index in [4.69, 9.17) is 4.74 Å². The van der Waals surface area contributed by atoms with Gasteiger partial charge in [0.05, 0.1) is 17.7 Å². The molecule has 1 fully saturated rings. The Morgan fingerprint density at radius 1 is 1.10 bits per heavy atom. The number of carbonyl (C=O) groups is 2. The van der Waals surface area contributed by atoms with Gasteiger partial charge < -0.3 is 15.0 Å². The van der Waals surface area contributed by atoms with E-state index in [2.05, 4.69) is 5.32 Å². The quantitative estimate of drug-likeness (QED) is 0.525. The molecule has 0 aromatic heterocycles. The number of rotatable bonds is 4. The first-order chi connectivity index (χ1) is 15.0. The van der Waals surface area contributed by atoms with E-state index >= 15 is 0 Å². The summed E-state index contributed by atoms with van der Waals surface area (Å²) in [5.74, 6) is 0.650. The summed E-state index contributed by atoms with van der Waals surface area (Å²) >= 11 is 1.44. The van der Waals surface area contributed by atoms with Crippen LogP contribution in [0.2, 0.25) is 0 Å². The second kappa shape index (κ2) is 9.60. The average molecular weight is 437 g/mol. The molecule has 1 aliphatic heterocycles. The fourth-order valence-corrected chi connectivity index (χ4v) is 5.17. The Hall–Kier alpha value is -2.73. The molecule has 0 bridgehead atoms. The Morgan fingerprint density at radius 2 is 1.81 bits per heavy atom. The van der Waals surface area contributed by atoms with E-state index in [0.29, 0.717) is 10.5 Å². The first-order valence-electron chi connectivity index (χ1n) is 10.8. The minimum atomic E-state index is -0.0744. The van der Waals surface area contributed by atoms with Crippen LogP contribution in [0.25, 0.3) is 6.08 Å². The molecule has 2 amide bonds. The molecular formula is C25H28N2O3S. The minimum Gasteiger partial charge on any atom is -0.497 e. The number of benzene rings is 2. The van der Waals surface area contributed by atoms with Crippen molar-refractivity contribution in [1.29, 1.82) is 0 Å². The number of methoxy groups -OCH3 is 1. The predicted molar refractivity (Wildman–Crippen MR) is 126 cm³/mol. The van der Waals surface area contributed by atoms with Gasteiger partial charge in [0.25, 0.3) is 11.8 Å². The van der Waals surface area contributed by atoms with Crippen molar-refractivity contribution in [2.45, 2.75) is 49.5 Å². The summed E-state index contributed by atoms with van der Waals surface area (Å²) in [4.78, 5) is 29.0. The molecular weight excluding hydrogens is 408 g/mol. The zero-order valence-corrected chi connectivity index (χ0v) is 18.8. The van der Waals surface area contributed by atoms with Crippen LogP contribution < -0.4 is 15.0 Å². The van der Waals surface area contributed by atoms with E-state index in [9.17, 15) is 9.59 Å². The van der Waals surface area contributed by atoms with Gasteiger partial charge >= 0.3 is 0 Å².